The van der Waals surface area contributed by atoms with E-state index < -0.39 is 0 Å². The summed E-state index contributed by atoms with van der Waals surface area (Å²) < 4.78 is 0. The molecule has 0 aliphatic heterocycles. The lowest BCUT2D eigenvalue weighted by Gasteiger charge is -2.33. The summed E-state index contributed by atoms with van der Waals surface area (Å²) in [5.74, 6) is 0.776. The van der Waals surface area contributed by atoms with E-state index in [2.05, 4.69) is 39.9 Å². The number of unbranched alkanes of at least 4 members (excludes halogenated alkanes) is 10. The van der Waals surface area contributed by atoms with E-state index in [9.17, 15) is 0 Å². The minimum absolute atomic E-state index is 0.299. The van der Waals surface area contributed by atoms with Crippen LogP contribution in [0.15, 0.2) is 0 Å². The molecule has 1 unspecified atom stereocenters. The molecule has 0 saturated carbocycles. The third kappa shape index (κ3) is 12.5. The molecule has 1 N–H and O–H groups in total. The van der Waals surface area contributed by atoms with Crippen LogP contribution in [0.2, 0.25) is 0 Å². The van der Waals surface area contributed by atoms with Gasteiger partial charge in [-0.15, -0.1) is 0 Å². The lowest BCUT2D eigenvalue weighted by Crippen LogP contribution is -2.45. The predicted octanol–water partition coefficient (Wildman–Crippen LogP) is 7.10. The molecule has 0 heterocycles. The van der Waals surface area contributed by atoms with Gasteiger partial charge in [-0.25, -0.2) is 0 Å². The first kappa shape index (κ1) is 22.0. The van der Waals surface area contributed by atoms with E-state index in [0.717, 1.165) is 5.92 Å². The maximum atomic E-state index is 3.81. The highest BCUT2D eigenvalue weighted by molar-refractivity contribution is 4.83. The van der Waals surface area contributed by atoms with Crippen LogP contribution < -0.4 is 5.32 Å². The van der Waals surface area contributed by atoms with Gasteiger partial charge in [0.2, 0.25) is 0 Å². The van der Waals surface area contributed by atoms with Crippen LogP contribution in [-0.4, -0.2) is 12.1 Å². The Balaban J connectivity index is 3.53. The molecule has 0 aromatic heterocycles. The molecule has 1 nitrogen and oxygen atoms in total. The monoisotopic (exact) mass is 311 g/mol. The fourth-order valence-corrected chi connectivity index (χ4v) is 3.08. The first-order chi connectivity index (χ1) is 10.5. The van der Waals surface area contributed by atoms with Gasteiger partial charge in [0, 0.05) is 5.54 Å². The van der Waals surface area contributed by atoms with Crippen molar-refractivity contribution in [2.45, 2.75) is 124 Å². The Morgan fingerprint density at radius 2 is 1.14 bits per heavy atom. The summed E-state index contributed by atoms with van der Waals surface area (Å²) in [5.41, 5.74) is 0.299. The molecule has 0 radical (unpaired) electrons. The minimum Gasteiger partial charge on any atom is -0.312 e. The topological polar surface area (TPSA) is 12.0 Å². The van der Waals surface area contributed by atoms with Gasteiger partial charge in [-0.05, 0) is 39.2 Å². The van der Waals surface area contributed by atoms with E-state index >= 15 is 0 Å². The molecule has 1 heteroatoms. The van der Waals surface area contributed by atoms with Crippen LogP contribution in [0.1, 0.15) is 118 Å². The highest BCUT2D eigenvalue weighted by atomic mass is 15.0. The van der Waals surface area contributed by atoms with Crippen molar-refractivity contribution in [3.8, 4) is 0 Å². The van der Waals surface area contributed by atoms with Crippen molar-refractivity contribution in [1.29, 1.82) is 0 Å². The molecule has 1 atom stereocenters. The van der Waals surface area contributed by atoms with Crippen LogP contribution >= 0.6 is 0 Å². The van der Waals surface area contributed by atoms with Gasteiger partial charge >= 0.3 is 0 Å². The second kappa shape index (κ2) is 14.5. The third-order valence-corrected chi connectivity index (χ3v) is 5.33. The fraction of sp³-hybridized carbons (Fsp3) is 1.00. The van der Waals surface area contributed by atoms with Gasteiger partial charge < -0.3 is 5.32 Å². The Morgan fingerprint density at radius 1 is 0.682 bits per heavy atom. The third-order valence-electron chi connectivity index (χ3n) is 5.33. The maximum Gasteiger partial charge on any atom is 0.0150 e. The second-order valence-corrected chi connectivity index (χ2v) is 7.87. The minimum atomic E-state index is 0.299. The lowest BCUT2D eigenvalue weighted by molar-refractivity contribution is 0.249. The number of rotatable bonds is 16. The fourth-order valence-electron chi connectivity index (χ4n) is 3.08. The zero-order valence-corrected chi connectivity index (χ0v) is 16.5. The molecule has 134 valence electrons. The summed E-state index contributed by atoms with van der Waals surface area (Å²) >= 11 is 0. The van der Waals surface area contributed by atoms with Gasteiger partial charge in [0.25, 0.3) is 0 Å². The van der Waals surface area contributed by atoms with Gasteiger partial charge in [0.15, 0.2) is 0 Å². The molecule has 0 fully saturated rings. The van der Waals surface area contributed by atoms with Crippen molar-refractivity contribution in [3.63, 3.8) is 0 Å². The standard InChI is InChI=1S/C21H45N/c1-6-8-10-12-13-14-15-17-19-22-21(4,5)20(3)18-16-11-9-7-2/h20,22H,6-19H2,1-5H3. The van der Waals surface area contributed by atoms with E-state index in [1.807, 2.05) is 0 Å². The highest BCUT2D eigenvalue weighted by Crippen LogP contribution is 2.22. The van der Waals surface area contributed by atoms with Gasteiger partial charge in [-0.2, -0.15) is 0 Å². The Labute approximate surface area is 142 Å². The SMILES string of the molecule is CCCCCCCCCCNC(C)(C)C(C)CCCCCC. The second-order valence-electron chi connectivity index (χ2n) is 7.87. The van der Waals surface area contributed by atoms with Crippen molar-refractivity contribution >= 4 is 0 Å². The summed E-state index contributed by atoms with van der Waals surface area (Å²) in [6.07, 6.45) is 18.2. The summed E-state index contributed by atoms with van der Waals surface area (Å²) in [6, 6.07) is 0. The zero-order valence-electron chi connectivity index (χ0n) is 16.5. The molecule has 0 aromatic rings. The molecule has 0 aromatic carbocycles. The van der Waals surface area contributed by atoms with Crippen LogP contribution in [0.25, 0.3) is 0 Å². The first-order valence-corrected chi connectivity index (χ1v) is 10.3. The molecule has 0 amide bonds. The quantitative estimate of drug-likeness (QED) is 0.300. The Kier molecular flexibility index (Phi) is 14.5. The molecule has 0 spiro atoms. The molecule has 0 rings (SSSR count). The van der Waals surface area contributed by atoms with Gasteiger partial charge in [-0.1, -0.05) is 91.4 Å². The average Bonchev–Trinajstić information content (AvgIpc) is 2.49. The van der Waals surface area contributed by atoms with Crippen molar-refractivity contribution < 1.29 is 0 Å². The summed E-state index contributed by atoms with van der Waals surface area (Å²) in [6.45, 7) is 13.0. The van der Waals surface area contributed by atoms with Crippen LogP contribution in [0, 0.1) is 5.92 Å². The molecule has 0 saturated heterocycles. The normalized spacial score (nSPS) is 13.5. The molecular formula is C21H45N. The van der Waals surface area contributed by atoms with Crippen LogP contribution in [0.3, 0.4) is 0 Å². The Morgan fingerprint density at radius 3 is 1.68 bits per heavy atom. The lowest BCUT2D eigenvalue weighted by atomic mass is 9.84. The Bertz CT molecular complexity index is 222. The molecule has 0 aliphatic carbocycles. The summed E-state index contributed by atoms with van der Waals surface area (Å²) in [5, 5.41) is 3.81. The number of hydrogen-bond acceptors (Lipinski definition) is 1. The summed E-state index contributed by atoms with van der Waals surface area (Å²) in [7, 11) is 0. The number of hydrogen-bond donors (Lipinski definition) is 1. The first-order valence-electron chi connectivity index (χ1n) is 10.3. The van der Waals surface area contributed by atoms with Crippen LogP contribution in [0.4, 0.5) is 0 Å². The largest absolute Gasteiger partial charge is 0.312 e. The van der Waals surface area contributed by atoms with Gasteiger partial charge in [0.1, 0.15) is 0 Å². The zero-order chi connectivity index (χ0) is 16.7. The van der Waals surface area contributed by atoms with Crippen LogP contribution in [-0.2, 0) is 0 Å². The van der Waals surface area contributed by atoms with Gasteiger partial charge in [-0.3, -0.25) is 0 Å². The molecule has 0 aliphatic rings. The van der Waals surface area contributed by atoms with E-state index in [1.165, 1.54) is 90.0 Å². The molecule has 0 bridgehead atoms. The predicted molar refractivity (Wildman–Crippen MR) is 103 cm³/mol. The average molecular weight is 312 g/mol. The number of nitrogens with one attached hydrogen (secondary N) is 1. The van der Waals surface area contributed by atoms with Crippen molar-refractivity contribution in [1.82, 2.24) is 5.32 Å². The maximum absolute atomic E-state index is 3.81. The molecular weight excluding hydrogens is 266 g/mol. The van der Waals surface area contributed by atoms with E-state index in [0.29, 0.717) is 5.54 Å². The van der Waals surface area contributed by atoms with Crippen molar-refractivity contribution in [2.24, 2.45) is 5.92 Å². The van der Waals surface area contributed by atoms with Crippen molar-refractivity contribution in [2.75, 3.05) is 6.54 Å². The highest BCUT2D eigenvalue weighted by Gasteiger charge is 2.24. The van der Waals surface area contributed by atoms with E-state index in [1.54, 1.807) is 0 Å². The smallest absolute Gasteiger partial charge is 0.0150 e. The molecule has 22 heavy (non-hydrogen) atoms. The van der Waals surface area contributed by atoms with Crippen molar-refractivity contribution in [3.05, 3.63) is 0 Å². The van der Waals surface area contributed by atoms with E-state index in [4.69, 9.17) is 0 Å². The van der Waals surface area contributed by atoms with E-state index in [-0.39, 0.29) is 0 Å². The van der Waals surface area contributed by atoms with Crippen LogP contribution in [0.5, 0.6) is 0 Å². The van der Waals surface area contributed by atoms with Gasteiger partial charge in [0.05, 0.1) is 0 Å². The Hall–Kier alpha value is -0.0400. The summed E-state index contributed by atoms with van der Waals surface area (Å²) in [4.78, 5) is 0.